The minimum absolute atomic E-state index is 0.213. The fraction of sp³-hybridized carbons (Fsp3) is 0.136. The second-order valence-electron chi connectivity index (χ2n) is 6.53. The van der Waals surface area contributed by atoms with Gasteiger partial charge >= 0.3 is 5.97 Å². The van der Waals surface area contributed by atoms with Gasteiger partial charge in [0.15, 0.2) is 0 Å². The van der Waals surface area contributed by atoms with Crippen molar-refractivity contribution in [1.82, 2.24) is 14.3 Å². The van der Waals surface area contributed by atoms with E-state index < -0.39 is 5.97 Å². The zero-order valence-electron chi connectivity index (χ0n) is 16.2. The van der Waals surface area contributed by atoms with Crippen LogP contribution in [0.3, 0.4) is 0 Å². The molecule has 2 aliphatic heterocycles. The molecule has 0 saturated carbocycles. The van der Waals surface area contributed by atoms with Gasteiger partial charge in [0.2, 0.25) is 0 Å². The van der Waals surface area contributed by atoms with E-state index in [9.17, 15) is 9.59 Å². The Morgan fingerprint density at radius 2 is 1.72 bits per heavy atom. The van der Waals surface area contributed by atoms with Crippen LogP contribution in [0.2, 0.25) is 0 Å². The highest BCUT2D eigenvalue weighted by Crippen LogP contribution is 2.26. The van der Waals surface area contributed by atoms with Crippen LogP contribution in [0.5, 0.6) is 5.75 Å². The van der Waals surface area contributed by atoms with Crippen LogP contribution in [0.1, 0.15) is 15.9 Å². The predicted octanol–water partition coefficient (Wildman–Crippen LogP) is 3.23. The molecule has 0 bridgehead atoms. The SMILES string of the molecule is COC(=O)c1cn(-c2ccc(OC)cc2)cc2c(=O)n(-c3ccccc3C)nc1-2. The van der Waals surface area contributed by atoms with Crippen LogP contribution in [0.15, 0.2) is 65.7 Å². The van der Waals surface area contributed by atoms with Gasteiger partial charge in [-0.2, -0.15) is 9.78 Å². The number of rotatable bonds is 4. The van der Waals surface area contributed by atoms with Crippen molar-refractivity contribution in [3.63, 3.8) is 0 Å². The van der Waals surface area contributed by atoms with Crippen molar-refractivity contribution in [3.05, 3.63) is 82.4 Å². The molecule has 0 aliphatic carbocycles. The van der Waals surface area contributed by atoms with E-state index in [1.165, 1.54) is 11.8 Å². The normalized spacial score (nSPS) is 10.9. The first kappa shape index (κ1) is 18.5. The van der Waals surface area contributed by atoms with Crippen molar-refractivity contribution >= 4 is 5.97 Å². The summed E-state index contributed by atoms with van der Waals surface area (Å²) in [4.78, 5) is 25.6. The Bertz CT molecular complexity index is 1220. The van der Waals surface area contributed by atoms with Gasteiger partial charge < -0.3 is 14.0 Å². The summed E-state index contributed by atoms with van der Waals surface area (Å²) >= 11 is 0. The number of pyridine rings is 1. The fourth-order valence-electron chi connectivity index (χ4n) is 3.23. The Labute approximate surface area is 167 Å². The van der Waals surface area contributed by atoms with Gasteiger partial charge in [0.1, 0.15) is 17.0 Å². The summed E-state index contributed by atoms with van der Waals surface area (Å²) in [5.41, 5.74) is 2.87. The highest BCUT2D eigenvalue weighted by molar-refractivity contribution is 5.96. The van der Waals surface area contributed by atoms with E-state index in [0.29, 0.717) is 22.7 Å². The standard InChI is InChI=1S/C22H19N3O4/c1-14-6-4-5-7-19(14)25-21(26)17-12-24(15-8-10-16(28-2)11-9-15)13-18(20(17)23-25)22(27)29-3/h4-13H,1-3H3. The highest BCUT2D eigenvalue weighted by atomic mass is 16.5. The number of para-hydroxylation sites is 1. The number of aryl methyl sites for hydroxylation is 1. The van der Waals surface area contributed by atoms with Gasteiger partial charge in [-0.05, 0) is 42.8 Å². The molecule has 146 valence electrons. The molecule has 0 atom stereocenters. The summed E-state index contributed by atoms with van der Waals surface area (Å²) in [6, 6.07) is 14.7. The van der Waals surface area contributed by atoms with Crippen LogP contribution in [0, 0.1) is 6.92 Å². The van der Waals surface area contributed by atoms with Gasteiger partial charge in [-0.1, -0.05) is 18.2 Å². The Morgan fingerprint density at radius 1 is 1.00 bits per heavy atom. The van der Waals surface area contributed by atoms with Gasteiger partial charge in [-0.3, -0.25) is 4.79 Å². The van der Waals surface area contributed by atoms with Crippen molar-refractivity contribution in [3.8, 4) is 28.4 Å². The molecular weight excluding hydrogens is 370 g/mol. The minimum Gasteiger partial charge on any atom is -0.497 e. The lowest BCUT2D eigenvalue weighted by Crippen LogP contribution is -2.16. The monoisotopic (exact) mass is 389 g/mol. The van der Waals surface area contributed by atoms with Crippen LogP contribution in [0.25, 0.3) is 22.6 Å². The third kappa shape index (κ3) is 3.16. The summed E-state index contributed by atoms with van der Waals surface area (Å²) in [6.45, 7) is 1.90. The van der Waals surface area contributed by atoms with Crippen molar-refractivity contribution in [2.75, 3.05) is 14.2 Å². The van der Waals surface area contributed by atoms with Gasteiger partial charge in [-0.15, -0.1) is 0 Å². The average Bonchev–Trinajstić information content (AvgIpc) is 3.09. The molecule has 2 aliphatic rings. The molecule has 2 heterocycles. The fourth-order valence-corrected chi connectivity index (χ4v) is 3.23. The third-order valence-electron chi connectivity index (χ3n) is 4.79. The lowest BCUT2D eigenvalue weighted by atomic mass is 10.1. The van der Waals surface area contributed by atoms with E-state index in [1.807, 2.05) is 43.3 Å². The van der Waals surface area contributed by atoms with E-state index in [4.69, 9.17) is 9.47 Å². The average molecular weight is 389 g/mol. The van der Waals surface area contributed by atoms with E-state index in [1.54, 1.807) is 36.2 Å². The second-order valence-corrected chi connectivity index (χ2v) is 6.53. The van der Waals surface area contributed by atoms with Gasteiger partial charge in [0.25, 0.3) is 5.56 Å². The largest absolute Gasteiger partial charge is 0.497 e. The molecule has 0 saturated heterocycles. The maximum absolute atomic E-state index is 13.1. The van der Waals surface area contributed by atoms with Gasteiger partial charge in [-0.25, -0.2) is 4.79 Å². The number of nitrogens with zero attached hydrogens (tertiary/aromatic N) is 3. The molecule has 0 unspecified atom stereocenters. The van der Waals surface area contributed by atoms with E-state index in [0.717, 1.165) is 11.3 Å². The van der Waals surface area contributed by atoms with Crippen LogP contribution in [-0.2, 0) is 4.74 Å². The minimum atomic E-state index is -0.563. The number of hydrogen-bond donors (Lipinski definition) is 0. The quantitative estimate of drug-likeness (QED) is 0.501. The zero-order chi connectivity index (χ0) is 20.5. The summed E-state index contributed by atoms with van der Waals surface area (Å²) in [5, 5.41) is 4.44. The number of hydrogen-bond acceptors (Lipinski definition) is 5. The molecule has 0 spiro atoms. The number of methoxy groups -OCH3 is 2. The molecule has 2 aromatic carbocycles. The topological polar surface area (TPSA) is 75.3 Å². The Kier molecular flexibility index (Phi) is 4.64. The van der Waals surface area contributed by atoms with Gasteiger partial charge in [0.05, 0.1) is 25.5 Å². The summed E-state index contributed by atoms with van der Waals surface area (Å²) < 4.78 is 13.1. The number of carbonyl (C=O) groups excluding carboxylic acids is 1. The molecule has 0 aromatic heterocycles. The lowest BCUT2D eigenvalue weighted by Gasteiger charge is -2.12. The Hall–Kier alpha value is -3.87. The molecule has 7 heteroatoms. The van der Waals surface area contributed by atoms with E-state index in [-0.39, 0.29) is 11.1 Å². The van der Waals surface area contributed by atoms with Crippen LogP contribution < -0.4 is 10.3 Å². The first-order valence-electron chi connectivity index (χ1n) is 8.97. The number of esters is 1. The molecule has 0 fully saturated rings. The molecular formula is C22H19N3O4. The maximum atomic E-state index is 13.1. The summed E-state index contributed by atoms with van der Waals surface area (Å²) in [5.74, 6) is 0.146. The molecule has 0 N–H and O–H groups in total. The maximum Gasteiger partial charge on any atom is 0.341 e. The molecule has 0 radical (unpaired) electrons. The smallest absolute Gasteiger partial charge is 0.341 e. The molecule has 7 nitrogen and oxygen atoms in total. The second kappa shape index (κ2) is 7.27. The number of ether oxygens (including phenoxy) is 2. The van der Waals surface area contributed by atoms with Crippen LogP contribution >= 0.6 is 0 Å². The number of aromatic nitrogens is 3. The zero-order valence-corrected chi connectivity index (χ0v) is 16.2. The van der Waals surface area contributed by atoms with Crippen molar-refractivity contribution in [2.24, 2.45) is 0 Å². The number of benzene rings is 2. The van der Waals surface area contributed by atoms with Crippen molar-refractivity contribution in [2.45, 2.75) is 6.92 Å². The van der Waals surface area contributed by atoms with Gasteiger partial charge in [0, 0.05) is 18.1 Å². The Morgan fingerprint density at radius 3 is 2.38 bits per heavy atom. The summed E-state index contributed by atoms with van der Waals surface area (Å²) in [6.07, 6.45) is 3.29. The lowest BCUT2D eigenvalue weighted by molar-refractivity contribution is 0.0600. The first-order chi connectivity index (χ1) is 14.0. The molecule has 2 aromatic rings. The number of fused-ring (bicyclic) bond motifs is 1. The molecule has 29 heavy (non-hydrogen) atoms. The van der Waals surface area contributed by atoms with E-state index in [2.05, 4.69) is 5.10 Å². The number of carbonyl (C=O) groups is 1. The first-order valence-corrected chi connectivity index (χ1v) is 8.97. The van der Waals surface area contributed by atoms with Crippen LogP contribution in [-0.4, -0.2) is 34.5 Å². The third-order valence-corrected chi connectivity index (χ3v) is 4.79. The van der Waals surface area contributed by atoms with E-state index >= 15 is 0 Å². The van der Waals surface area contributed by atoms with Crippen molar-refractivity contribution in [1.29, 1.82) is 0 Å². The van der Waals surface area contributed by atoms with Crippen LogP contribution in [0.4, 0.5) is 0 Å². The Balaban J connectivity index is 1.97. The predicted molar refractivity (Wildman–Crippen MR) is 108 cm³/mol. The van der Waals surface area contributed by atoms with Crippen molar-refractivity contribution < 1.29 is 14.3 Å². The molecule has 0 amide bonds. The summed E-state index contributed by atoms with van der Waals surface area (Å²) in [7, 11) is 2.89. The highest BCUT2D eigenvalue weighted by Gasteiger charge is 2.25. The molecule has 4 rings (SSSR count).